The number of halogens is 1. The van der Waals surface area contributed by atoms with Gasteiger partial charge in [-0.2, -0.15) is 0 Å². The standard InChI is InChI=1S/C16H16BrN5O3/c1-9-4-6-10(7-5-9)18-11(23)8-22-12-13(19-15(22)17)20(2)16(25)21(3)14(12)24/h4-7H,8H2,1-3H3,(H,18,23). The largest absolute Gasteiger partial charge is 0.332 e. The Morgan fingerprint density at radius 2 is 1.80 bits per heavy atom. The summed E-state index contributed by atoms with van der Waals surface area (Å²) >= 11 is 3.26. The van der Waals surface area contributed by atoms with Gasteiger partial charge in [0.15, 0.2) is 15.9 Å². The highest BCUT2D eigenvalue weighted by molar-refractivity contribution is 9.10. The van der Waals surface area contributed by atoms with Gasteiger partial charge in [-0.15, -0.1) is 0 Å². The zero-order valence-electron chi connectivity index (χ0n) is 13.9. The van der Waals surface area contributed by atoms with Gasteiger partial charge in [-0.1, -0.05) is 17.7 Å². The highest BCUT2D eigenvalue weighted by Gasteiger charge is 2.19. The molecule has 0 fully saturated rings. The molecule has 3 rings (SSSR count). The van der Waals surface area contributed by atoms with Crippen molar-refractivity contribution in [1.29, 1.82) is 0 Å². The number of hydrogen-bond acceptors (Lipinski definition) is 4. The van der Waals surface area contributed by atoms with Gasteiger partial charge in [0.1, 0.15) is 6.54 Å². The summed E-state index contributed by atoms with van der Waals surface area (Å²) in [5, 5.41) is 2.77. The van der Waals surface area contributed by atoms with E-state index in [4.69, 9.17) is 0 Å². The van der Waals surface area contributed by atoms with Crippen molar-refractivity contribution in [2.45, 2.75) is 13.5 Å². The third-order valence-electron chi connectivity index (χ3n) is 3.94. The number of nitrogens with one attached hydrogen (secondary N) is 1. The molecule has 0 spiro atoms. The highest BCUT2D eigenvalue weighted by Crippen LogP contribution is 2.16. The first-order valence-corrected chi connectivity index (χ1v) is 8.27. The molecule has 0 aliphatic heterocycles. The lowest BCUT2D eigenvalue weighted by Gasteiger charge is -2.09. The Hall–Kier alpha value is -2.68. The third kappa shape index (κ3) is 3.02. The number of carbonyl (C=O) groups is 1. The first kappa shape index (κ1) is 17.2. The quantitative estimate of drug-likeness (QED) is 0.661. The van der Waals surface area contributed by atoms with Gasteiger partial charge in [0.25, 0.3) is 5.56 Å². The number of nitrogens with zero attached hydrogens (tertiary/aromatic N) is 4. The molecule has 130 valence electrons. The fourth-order valence-corrected chi connectivity index (χ4v) is 3.02. The van der Waals surface area contributed by atoms with Crippen molar-refractivity contribution >= 4 is 38.7 Å². The maximum absolute atomic E-state index is 12.4. The van der Waals surface area contributed by atoms with Gasteiger partial charge in [-0.25, -0.2) is 9.78 Å². The molecule has 1 N–H and O–H groups in total. The predicted molar refractivity (Wildman–Crippen MR) is 97.7 cm³/mol. The molecule has 3 aromatic rings. The highest BCUT2D eigenvalue weighted by atomic mass is 79.9. The first-order valence-electron chi connectivity index (χ1n) is 7.48. The zero-order chi connectivity index (χ0) is 18.3. The minimum Gasteiger partial charge on any atom is -0.325 e. The van der Waals surface area contributed by atoms with Crippen molar-refractivity contribution in [3.05, 3.63) is 55.4 Å². The number of anilines is 1. The van der Waals surface area contributed by atoms with Gasteiger partial charge in [-0.05, 0) is 35.0 Å². The molecule has 0 unspecified atom stereocenters. The van der Waals surface area contributed by atoms with E-state index in [1.54, 1.807) is 12.1 Å². The Labute approximate surface area is 150 Å². The van der Waals surface area contributed by atoms with Gasteiger partial charge in [-0.3, -0.25) is 18.7 Å². The monoisotopic (exact) mass is 405 g/mol. The van der Waals surface area contributed by atoms with Gasteiger partial charge in [0.05, 0.1) is 0 Å². The number of benzene rings is 1. The normalized spacial score (nSPS) is 11.0. The van der Waals surface area contributed by atoms with Crippen molar-refractivity contribution in [2.24, 2.45) is 14.1 Å². The first-order chi connectivity index (χ1) is 11.8. The minimum absolute atomic E-state index is 0.113. The van der Waals surface area contributed by atoms with Gasteiger partial charge in [0, 0.05) is 19.8 Å². The molecule has 0 atom stereocenters. The summed E-state index contributed by atoms with van der Waals surface area (Å²) in [7, 11) is 2.92. The van der Waals surface area contributed by atoms with Crippen LogP contribution < -0.4 is 16.6 Å². The van der Waals surface area contributed by atoms with E-state index in [9.17, 15) is 14.4 Å². The smallest absolute Gasteiger partial charge is 0.325 e. The number of aromatic nitrogens is 4. The van der Waals surface area contributed by atoms with Gasteiger partial charge >= 0.3 is 5.69 Å². The van der Waals surface area contributed by atoms with E-state index >= 15 is 0 Å². The van der Waals surface area contributed by atoms with E-state index in [1.807, 2.05) is 19.1 Å². The van der Waals surface area contributed by atoms with E-state index in [-0.39, 0.29) is 23.6 Å². The van der Waals surface area contributed by atoms with Crippen LogP contribution in [0.2, 0.25) is 0 Å². The summed E-state index contributed by atoms with van der Waals surface area (Å²) in [5.41, 5.74) is 1.19. The molecule has 0 saturated heterocycles. The topological polar surface area (TPSA) is 90.9 Å². The Kier molecular flexibility index (Phi) is 4.34. The average Bonchev–Trinajstić information content (AvgIpc) is 2.90. The summed E-state index contributed by atoms with van der Waals surface area (Å²) in [6, 6.07) is 7.39. The molecule has 9 heteroatoms. The number of aryl methyl sites for hydroxylation is 2. The molecule has 0 saturated carbocycles. The molecule has 0 aliphatic carbocycles. The summed E-state index contributed by atoms with van der Waals surface area (Å²) in [6.45, 7) is 1.85. The second kappa shape index (κ2) is 6.32. The second-order valence-electron chi connectivity index (χ2n) is 5.76. The number of rotatable bonds is 3. The van der Waals surface area contributed by atoms with Crippen LogP contribution in [-0.2, 0) is 25.4 Å². The summed E-state index contributed by atoms with van der Waals surface area (Å²) in [6.07, 6.45) is 0. The van der Waals surface area contributed by atoms with Crippen LogP contribution in [-0.4, -0.2) is 24.6 Å². The van der Waals surface area contributed by atoms with Crippen LogP contribution in [0, 0.1) is 6.92 Å². The van der Waals surface area contributed by atoms with E-state index in [0.717, 1.165) is 10.1 Å². The van der Waals surface area contributed by atoms with Crippen molar-refractivity contribution in [3.8, 4) is 0 Å². The predicted octanol–water partition coefficient (Wildman–Crippen LogP) is 1.14. The number of hydrogen-bond donors (Lipinski definition) is 1. The number of imidazole rings is 1. The van der Waals surface area contributed by atoms with Crippen LogP contribution in [0.5, 0.6) is 0 Å². The van der Waals surface area contributed by atoms with Crippen LogP contribution >= 0.6 is 15.9 Å². The number of fused-ring (bicyclic) bond motifs is 1. The Balaban J connectivity index is 2.00. The summed E-state index contributed by atoms with van der Waals surface area (Å²) in [5.74, 6) is -0.306. The molecular formula is C16H16BrN5O3. The minimum atomic E-state index is -0.501. The van der Waals surface area contributed by atoms with Crippen LogP contribution in [0.15, 0.2) is 38.6 Å². The van der Waals surface area contributed by atoms with Gasteiger partial charge < -0.3 is 9.88 Å². The summed E-state index contributed by atoms with van der Waals surface area (Å²) < 4.78 is 4.02. The molecule has 0 radical (unpaired) electrons. The molecule has 8 nitrogen and oxygen atoms in total. The molecule has 25 heavy (non-hydrogen) atoms. The molecule has 2 heterocycles. The third-order valence-corrected chi connectivity index (χ3v) is 4.54. The van der Waals surface area contributed by atoms with E-state index in [0.29, 0.717) is 10.4 Å². The fraction of sp³-hybridized carbons (Fsp3) is 0.250. The van der Waals surface area contributed by atoms with Crippen molar-refractivity contribution < 1.29 is 4.79 Å². The molecule has 1 amide bonds. The lowest BCUT2D eigenvalue weighted by molar-refractivity contribution is -0.116. The SMILES string of the molecule is Cc1ccc(NC(=O)Cn2c(Br)nc3c2c(=O)n(C)c(=O)n3C)cc1. The Morgan fingerprint density at radius 3 is 2.44 bits per heavy atom. The van der Waals surface area contributed by atoms with Crippen LogP contribution in [0.3, 0.4) is 0 Å². The summed E-state index contributed by atoms with van der Waals surface area (Å²) in [4.78, 5) is 41.0. The maximum Gasteiger partial charge on any atom is 0.332 e. The van der Waals surface area contributed by atoms with Gasteiger partial charge in [0.2, 0.25) is 5.91 Å². The van der Waals surface area contributed by atoms with Crippen LogP contribution in [0.25, 0.3) is 11.2 Å². The molecule has 2 aromatic heterocycles. The number of amides is 1. The van der Waals surface area contributed by atoms with Crippen LogP contribution in [0.1, 0.15) is 5.56 Å². The lowest BCUT2D eigenvalue weighted by Crippen LogP contribution is -2.37. The molecular weight excluding hydrogens is 390 g/mol. The van der Waals surface area contributed by atoms with E-state index in [2.05, 4.69) is 26.2 Å². The van der Waals surface area contributed by atoms with Crippen molar-refractivity contribution in [3.63, 3.8) is 0 Å². The van der Waals surface area contributed by atoms with E-state index in [1.165, 1.54) is 23.2 Å². The van der Waals surface area contributed by atoms with E-state index < -0.39 is 11.2 Å². The molecule has 1 aromatic carbocycles. The Morgan fingerprint density at radius 1 is 1.16 bits per heavy atom. The maximum atomic E-state index is 12.4. The molecule has 0 aliphatic rings. The lowest BCUT2D eigenvalue weighted by atomic mass is 10.2. The van der Waals surface area contributed by atoms with Crippen molar-refractivity contribution in [1.82, 2.24) is 18.7 Å². The van der Waals surface area contributed by atoms with Crippen LogP contribution in [0.4, 0.5) is 5.69 Å². The zero-order valence-corrected chi connectivity index (χ0v) is 15.5. The molecule has 0 bridgehead atoms. The fourth-order valence-electron chi connectivity index (χ4n) is 2.55. The number of carbonyl (C=O) groups excluding carboxylic acids is 1. The average molecular weight is 406 g/mol. The Bertz CT molecular complexity index is 1090. The van der Waals surface area contributed by atoms with Crippen molar-refractivity contribution in [2.75, 3.05) is 5.32 Å². The second-order valence-corrected chi connectivity index (χ2v) is 6.47.